The molecule has 1 heterocycles. The summed E-state index contributed by atoms with van der Waals surface area (Å²) in [6.07, 6.45) is 6.83. The number of carbonyl (C=O) groups excluding carboxylic acids is 1. The second-order valence-corrected chi connectivity index (χ2v) is 12.7. The van der Waals surface area contributed by atoms with Gasteiger partial charge in [-0.2, -0.15) is 0 Å². The number of hydrogen-bond donors (Lipinski definition) is 2. The molecule has 1 unspecified atom stereocenters. The van der Waals surface area contributed by atoms with Gasteiger partial charge in [-0.05, 0) is 67.6 Å². The Hall–Kier alpha value is -3.28. The number of carboxylic acid groups (broad SMARTS) is 1. The lowest BCUT2D eigenvalue weighted by Gasteiger charge is -2.27. The van der Waals surface area contributed by atoms with Crippen LogP contribution in [0.15, 0.2) is 59.6 Å². The summed E-state index contributed by atoms with van der Waals surface area (Å²) in [5.74, 6) is -0.986. The molecule has 11 heteroatoms. The van der Waals surface area contributed by atoms with Crippen LogP contribution >= 0.6 is 11.3 Å². The summed E-state index contributed by atoms with van der Waals surface area (Å²) in [5.41, 5.74) is 0.728. The Bertz CT molecular complexity index is 1390. The molecule has 200 valence electrons. The van der Waals surface area contributed by atoms with Crippen LogP contribution in [0, 0.1) is 0 Å². The lowest BCUT2D eigenvalue weighted by Crippen LogP contribution is -2.28. The average molecular weight is 557 g/mol. The topological polar surface area (TPSA) is 132 Å². The van der Waals surface area contributed by atoms with E-state index in [0.29, 0.717) is 34.3 Å². The quantitative estimate of drug-likeness (QED) is 0.330. The number of aromatic carboxylic acids is 1. The van der Waals surface area contributed by atoms with Gasteiger partial charge in [-0.25, -0.2) is 18.2 Å². The molecule has 1 atom stereocenters. The molecule has 1 aromatic heterocycles. The lowest BCUT2D eigenvalue weighted by molar-refractivity contribution is -0.133. The van der Waals surface area contributed by atoms with Gasteiger partial charge in [0, 0.05) is 0 Å². The highest BCUT2D eigenvalue weighted by molar-refractivity contribution is 7.92. The average Bonchev–Trinajstić information content (AvgIpc) is 3.70. The van der Waals surface area contributed by atoms with Crippen molar-refractivity contribution in [2.45, 2.75) is 67.3 Å². The Labute approximate surface area is 224 Å². The molecule has 0 bridgehead atoms. The highest BCUT2D eigenvalue weighted by Gasteiger charge is 2.37. The molecule has 3 aromatic rings. The maximum atomic E-state index is 13.4. The van der Waals surface area contributed by atoms with Gasteiger partial charge in [0.2, 0.25) is 5.06 Å². The van der Waals surface area contributed by atoms with E-state index in [1.54, 1.807) is 36.4 Å². The van der Waals surface area contributed by atoms with Crippen molar-refractivity contribution >= 4 is 38.2 Å². The van der Waals surface area contributed by atoms with Crippen LogP contribution < -0.4 is 10.1 Å². The van der Waals surface area contributed by atoms with Crippen molar-refractivity contribution < 1.29 is 32.6 Å². The van der Waals surface area contributed by atoms with Crippen molar-refractivity contribution in [3.8, 4) is 10.8 Å². The SMILES string of the molecule is O=C(O)c1ccc(Oc2cnc(NC(=O)C(OC3CCCCC3)c3ccc(S(=O)(=O)C4CC4)cc3)s2)cc1. The monoisotopic (exact) mass is 556 g/mol. The van der Waals surface area contributed by atoms with Gasteiger partial charge in [-0.3, -0.25) is 10.1 Å². The number of aromatic nitrogens is 1. The number of sulfone groups is 1. The minimum atomic E-state index is -3.33. The number of hydrogen-bond acceptors (Lipinski definition) is 8. The molecule has 1 amide bonds. The van der Waals surface area contributed by atoms with E-state index < -0.39 is 27.8 Å². The smallest absolute Gasteiger partial charge is 0.335 e. The summed E-state index contributed by atoms with van der Waals surface area (Å²) in [5, 5.41) is 12.3. The highest BCUT2D eigenvalue weighted by Crippen LogP contribution is 2.35. The number of anilines is 1. The fourth-order valence-electron chi connectivity index (χ4n) is 4.41. The van der Waals surface area contributed by atoms with Crippen LogP contribution in [0.5, 0.6) is 10.8 Å². The molecular weight excluding hydrogens is 528 g/mol. The van der Waals surface area contributed by atoms with E-state index >= 15 is 0 Å². The number of thiazole rings is 1. The zero-order valence-electron chi connectivity index (χ0n) is 20.5. The molecule has 0 saturated heterocycles. The number of rotatable bonds is 10. The molecule has 0 spiro atoms. The van der Waals surface area contributed by atoms with Crippen LogP contribution in [0.4, 0.5) is 5.13 Å². The summed E-state index contributed by atoms with van der Waals surface area (Å²) in [7, 11) is -3.33. The zero-order chi connectivity index (χ0) is 26.7. The third-order valence-electron chi connectivity index (χ3n) is 6.63. The normalized spacial score (nSPS) is 17.1. The number of ether oxygens (including phenoxy) is 2. The number of carboxylic acids is 1. The highest BCUT2D eigenvalue weighted by atomic mass is 32.2. The Morgan fingerprint density at radius 3 is 2.29 bits per heavy atom. The first-order chi connectivity index (χ1) is 18.3. The van der Waals surface area contributed by atoms with Crippen molar-refractivity contribution in [3.63, 3.8) is 0 Å². The van der Waals surface area contributed by atoms with E-state index in [0.717, 1.165) is 43.4 Å². The van der Waals surface area contributed by atoms with Crippen LogP contribution in [-0.2, 0) is 19.4 Å². The van der Waals surface area contributed by atoms with Crippen LogP contribution in [0.3, 0.4) is 0 Å². The Morgan fingerprint density at radius 2 is 1.66 bits per heavy atom. The Morgan fingerprint density at radius 1 is 0.974 bits per heavy atom. The van der Waals surface area contributed by atoms with Gasteiger partial charge in [0.25, 0.3) is 5.91 Å². The van der Waals surface area contributed by atoms with Gasteiger partial charge in [0.05, 0.1) is 28.0 Å². The van der Waals surface area contributed by atoms with Gasteiger partial charge >= 0.3 is 5.97 Å². The number of carbonyl (C=O) groups is 2. The second kappa shape index (κ2) is 11.2. The minimum absolute atomic E-state index is 0.0571. The van der Waals surface area contributed by atoms with Crippen LogP contribution in [0.25, 0.3) is 0 Å². The van der Waals surface area contributed by atoms with Crippen LogP contribution in [-0.4, -0.2) is 41.7 Å². The van der Waals surface area contributed by atoms with Crippen molar-refractivity contribution in [2.75, 3.05) is 5.32 Å². The first kappa shape index (κ1) is 26.3. The fourth-order valence-corrected chi connectivity index (χ4v) is 6.75. The number of nitrogens with one attached hydrogen (secondary N) is 1. The summed E-state index contributed by atoms with van der Waals surface area (Å²) in [6, 6.07) is 12.4. The second-order valence-electron chi connectivity index (χ2n) is 9.49. The van der Waals surface area contributed by atoms with Crippen LogP contribution in [0.2, 0.25) is 0 Å². The molecule has 2 aromatic carbocycles. The van der Waals surface area contributed by atoms with Crippen molar-refractivity contribution in [1.82, 2.24) is 4.98 Å². The molecule has 38 heavy (non-hydrogen) atoms. The summed E-state index contributed by atoms with van der Waals surface area (Å²) < 4.78 is 37.2. The van der Waals surface area contributed by atoms with Gasteiger partial charge in [-0.1, -0.05) is 42.7 Å². The third kappa shape index (κ3) is 6.23. The third-order valence-corrected chi connectivity index (χ3v) is 9.70. The molecule has 2 N–H and O–H groups in total. The molecule has 9 nitrogen and oxygen atoms in total. The van der Waals surface area contributed by atoms with E-state index in [1.165, 1.54) is 18.3 Å². The molecule has 5 rings (SSSR count). The molecule has 2 fully saturated rings. The maximum Gasteiger partial charge on any atom is 0.335 e. The summed E-state index contributed by atoms with van der Waals surface area (Å²) in [6.45, 7) is 0. The van der Waals surface area contributed by atoms with Crippen molar-refractivity contribution in [3.05, 3.63) is 65.9 Å². The van der Waals surface area contributed by atoms with Gasteiger partial charge in [-0.15, -0.1) is 0 Å². The van der Waals surface area contributed by atoms with E-state index in [4.69, 9.17) is 14.6 Å². The first-order valence-corrected chi connectivity index (χ1v) is 14.9. The Kier molecular flexibility index (Phi) is 7.78. The molecule has 0 radical (unpaired) electrons. The lowest BCUT2D eigenvalue weighted by atomic mass is 9.97. The van der Waals surface area contributed by atoms with Crippen LogP contribution in [0.1, 0.15) is 67.0 Å². The molecular formula is C27H28N2O7S2. The summed E-state index contributed by atoms with van der Waals surface area (Å²) in [4.78, 5) is 28.9. The first-order valence-electron chi connectivity index (χ1n) is 12.6. The van der Waals surface area contributed by atoms with Gasteiger partial charge in [0.15, 0.2) is 21.1 Å². The van der Waals surface area contributed by atoms with Crippen molar-refractivity contribution in [2.24, 2.45) is 0 Å². The number of benzene rings is 2. The predicted molar refractivity (Wildman–Crippen MR) is 142 cm³/mol. The molecule has 2 aliphatic rings. The Balaban J connectivity index is 1.30. The predicted octanol–water partition coefficient (Wildman–Crippen LogP) is 5.60. The zero-order valence-corrected chi connectivity index (χ0v) is 22.2. The number of nitrogens with zero attached hydrogens (tertiary/aromatic N) is 1. The van der Waals surface area contributed by atoms with Crippen molar-refractivity contribution in [1.29, 1.82) is 0 Å². The largest absolute Gasteiger partial charge is 0.478 e. The van der Waals surface area contributed by atoms with E-state index in [2.05, 4.69) is 10.3 Å². The fraction of sp³-hybridized carbons (Fsp3) is 0.370. The van der Waals surface area contributed by atoms with Gasteiger partial charge in [0.1, 0.15) is 5.75 Å². The number of amides is 1. The summed E-state index contributed by atoms with van der Waals surface area (Å²) >= 11 is 1.12. The molecule has 2 saturated carbocycles. The van der Waals surface area contributed by atoms with E-state index in [9.17, 15) is 18.0 Å². The standard InChI is InChI=1S/C27H28N2O7S2/c30-25(29-27-28-16-23(37-27)35-20-10-6-18(7-11-20)26(31)32)24(36-19-4-2-1-3-5-19)17-8-12-21(13-9-17)38(33,34)22-14-15-22/h6-13,16,19,22,24H,1-5,14-15H2,(H,31,32)(H,28,29,30). The van der Waals surface area contributed by atoms with Gasteiger partial charge < -0.3 is 14.6 Å². The molecule has 0 aliphatic heterocycles. The molecule has 2 aliphatic carbocycles. The van der Waals surface area contributed by atoms with E-state index in [1.807, 2.05) is 0 Å². The maximum absolute atomic E-state index is 13.4. The van der Waals surface area contributed by atoms with E-state index in [-0.39, 0.29) is 21.8 Å². The minimum Gasteiger partial charge on any atom is -0.478 e.